The summed E-state index contributed by atoms with van der Waals surface area (Å²) in [5.74, 6) is 0.146. The van der Waals surface area contributed by atoms with E-state index >= 15 is 0 Å². The van der Waals surface area contributed by atoms with Crippen molar-refractivity contribution in [1.29, 1.82) is 0 Å². The maximum Gasteiger partial charge on any atom is 0.234 e. The zero-order chi connectivity index (χ0) is 14.2. The highest BCUT2D eigenvalue weighted by molar-refractivity contribution is 5.78. The summed E-state index contributed by atoms with van der Waals surface area (Å²) in [6.07, 6.45) is 1.99. The zero-order valence-corrected chi connectivity index (χ0v) is 12.3. The molecule has 1 atom stereocenters. The highest BCUT2D eigenvalue weighted by Gasteiger charge is 2.14. The van der Waals surface area contributed by atoms with E-state index in [1.807, 2.05) is 6.07 Å². The second-order valence-electron chi connectivity index (χ2n) is 5.52. The summed E-state index contributed by atoms with van der Waals surface area (Å²) in [4.78, 5) is 14.2. The van der Waals surface area contributed by atoms with E-state index in [-0.39, 0.29) is 11.9 Å². The Morgan fingerprint density at radius 3 is 2.70 bits per heavy atom. The topological polar surface area (TPSA) is 44.4 Å². The van der Waals surface area contributed by atoms with Crippen LogP contribution < -0.4 is 10.6 Å². The number of amides is 1. The first kappa shape index (κ1) is 15.0. The van der Waals surface area contributed by atoms with Gasteiger partial charge in [-0.05, 0) is 25.3 Å². The molecule has 0 saturated carbocycles. The molecule has 0 spiro atoms. The Hall–Kier alpha value is -1.39. The van der Waals surface area contributed by atoms with Gasteiger partial charge in [0.15, 0.2) is 0 Å². The molecule has 2 rings (SSSR count). The van der Waals surface area contributed by atoms with Gasteiger partial charge >= 0.3 is 0 Å². The highest BCUT2D eigenvalue weighted by Crippen LogP contribution is 2.04. The van der Waals surface area contributed by atoms with Crippen LogP contribution in [-0.2, 0) is 11.2 Å². The lowest BCUT2D eigenvalue weighted by atomic mass is 10.1. The van der Waals surface area contributed by atoms with Gasteiger partial charge in [-0.2, -0.15) is 0 Å². The lowest BCUT2D eigenvalue weighted by Gasteiger charge is -2.27. The first-order valence-electron chi connectivity index (χ1n) is 7.50. The van der Waals surface area contributed by atoms with Crippen molar-refractivity contribution in [3.8, 4) is 0 Å². The van der Waals surface area contributed by atoms with E-state index in [4.69, 9.17) is 0 Å². The Balaban J connectivity index is 1.65. The largest absolute Gasteiger partial charge is 0.353 e. The van der Waals surface area contributed by atoms with Crippen LogP contribution in [0.4, 0.5) is 0 Å². The molecule has 1 aromatic carbocycles. The van der Waals surface area contributed by atoms with Crippen molar-refractivity contribution in [1.82, 2.24) is 15.5 Å². The van der Waals surface area contributed by atoms with Crippen molar-refractivity contribution in [2.24, 2.45) is 0 Å². The average Bonchev–Trinajstić information content (AvgIpc) is 2.47. The second kappa shape index (κ2) is 8.02. The Morgan fingerprint density at radius 2 is 2.00 bits per heavy atom. The Kier molecular flexibility index (Phi) is 6.02. The smallest absolute Gasteiger partial charge is 0.234 e. The number of nitrogens with zero attached hydrogens (tertiary/aromatic N) is 1. The fraction of sp³-hybridized carbons (Fsp3) is 0.562. The van der Waals surface area contributed by atoms with Crippen molar-refractivity contribution >= 4 is 5.91 Å². The van der Waals surface area contributed by atoms with Gasteiger partial charge in [-0.1, -0.05) is 30.3 Å². The summed E-state index contributed by atoms with van der Waals surface area (Å²) >= 11 is 0. The minimum Gasteiger partial charge on any atom is -0.353 e. The summed E-state index contributed by atoms with van der Waals surface area (Å²) in [5, 5.41) is 6.39. The number of nitrogens with one attached hydrogen (secondary N) is 2. The summed E-state index contributed by atoms with van der Waals surface area (Å²) in [6, 6.07) is 10.6. The third kappa shape index (κ3) is 5.31. The van der Waals surface area contributed by atoms with Crippen molar-refractivity contribution in [2.45, 2.75) is 25.8 Å². The number of hydrogen-bond donors (Lipinski definition) is 2. The monoisotopic (exact) mass is 275 g/mol. The molecule has 1 unspecified atom stereocenters. The minimum absolute atomic E-state index is 0.146. The summed E-state index contributed by atoms with van der Waals surface area (Å²) in [5.41, 5.74) is 1.33. The molecule has 1 saturated heterocycles. The van der Waals surface area contributed by atoms with Gasteiger partial charge in [0.1, 0.15) is 0 Å². The molecule has 4 heteroatoms. The molecule has 1 aliphatic heterocycles. The fourth-order valence-corrected chi connectivity index (χ4v) is 2.49. The van der Waals surface area contributed by atoms with Gasteiger partial charge in [-0.15, -0.1) is 0 Å². The van der Waals surface area contributed by atoms with E-state index in [2.05, 4.69) is 46.7 Å². The molecule has 0 radical (unpaired) electrons. The molecule has 0 bridgehead atoms. The number of hydrogen-bond acceptors (Lipinski definition) is 3. The van der Waals surface area contributed by atoms with Crippen LogP contribution in [0.3, 0.4) is 0 Å². The molecule has 2 N–H and O–H groups in total. The van der Waals surface area contributed by atoms with Gasteiger partial charge in [0, 0.05) is 32.2 Å². The lowest BCUT2D eigenvalue weighted by Crippen LogP contribution is -2.48. The number of carbonyl (C=O) groups is 1. The average molecular weight is 275 g/mol. The first-order valence-corrected chi connectivity index (χ1v) is 7.50. The highest BCUT2D eigenvalue weighted by atomic mass is 16.2. The fourth-order valence-electron chi connectivity index (χ4n) is 2.49. The molecule has 0 aliphatic carbocycles. The number of piperazine rings is 1. The molecule has 1 amide bonds. The van der Waals surface area contributed by atoms with Crippen LogP contribution in [0.2, 0.25) is 0 Å². The standard InChI is InChI=1S/C16H25N3O/c1-14(7-8-15-5-3-2-4-6-15)18-16(20)13-19-11-9-17-10-12-19/h2-6,14,17H,7-13H2,1H3,(H,18,20). The molecule has 1 heterocycles. The van der Waals surface area contributed by atoms with E-state index < -0.39 is 0 Å². The van der Waals surface area contributed by atoms with Gasteiger partial charge in [-0.3, -0.25) is 9.69 Å². The number of rotatable bonds is 6. The van der Waals surface area contributed by atoms with E-state index in [9.17, 15) is 4.79 Å². The Labute approximate surface area is 121 Å². The van der Waals surface area contributed by atoms with Crippen LogP contribution in [0.5, 0.6) is 0 Å². The number of aryl methyl sites for hydroxylation is 1. The van der Waals surface area contributed by atoms with Crippen molar-refractivity contribution in [3.05, 3.63) is 35.9 Å². The molecule has 1 aliphatic rings. The predicted octanol–water partition coefficient (Wildman–Crippen LogP) is 1.03. The predicted molar refractivity (Wildman–Crippen MR) is 81.7 cm³/mol. The van der Waals surface area contributed by atoms with Crippen LogP contribution in [0.1, 0.15) is 18.9 Å². The third-order valence-corrected chi connectivity index (χ3v) is 3.69. The number of carbonyl (C=O) groups excluding carboxylic acids is 1. The Bertz CT molecular complexity index is 401. The normalized spacial score (nSPS) is 17.6. The van der Waals surface area contributed by atoms with Crippen molar-refractivity contribution in [3.63, 3.8) is 0 Å². The van der Waals surface area contributed by atoms with Gasteiger partial charge in [0.2, 0.25) is 5.91 Å². The first-order chi connectivity index (χ1) is 9.74. The second-order valence-corrected chi connectivity index (χ2v) is 5.52. The maximum atomic E-state index is 12.0. The van der Waals surface area contributed by atoms with Crippen LogP contribution in [0.15, 0.2) is 30.3 Å². The molecule has 1 aromatic rings. The van der Waals surface area contributed by atoms with Crippen LogP contribution in [0, 0.1) is 0 Å². The molecule has 110 valence electrons. The van der Waals surface area contributed by atoms with Gasteiger partial charge in [0.25, 0.3) is 0 Å². The third-order valence-electron chi connectivity index (χ3n) is 3.69. The summed E-state index contributed by atoms with van der Waals surface area (Å²) in [7, 11) is 0. The van der Waals surface area contributed by atoms with E-state index in [0.717, 1.165) is 39.0 Å². The zero-order valence-electron chi connectivity index (χ0n) is 12.3. The Morgan fingerprint density at radius 1 is 1.30 bits per heavy atom. The van der Waals surface area contributed by atoms with Crippen molar-refractivity contribution < 1.29 is 4.79 Å². The van der Waals surface area contributed by atoms with Gasteiger partial charge in [0.05, 0.1) is 6.54 Å². The summed E-state index contributed by atoms with van der Waals surface area (Å²) in [6.45, 7) is 6.50. The van der Waals surface area contributed by atoms with E-state index in [1.54, 1.807) is 0 Å². The van der Waals surface area contributed by atoms with E-state index in [0.29, 0.717) is 6.54 Å². The van der Waals surface area contributed by atoms with Crippen molar-refractivity contribution in [2.75, 3.05) is 32.7 Å². The lowest BCUT2D eigenvalue weighted by molar-refractivity contribution is -0.123. The minimum atomic E-state index is 0.146. The van der Waals surface area contributed by atoms with E-state index in [1.165, 1.54) is 5.56 Å². The molecule has 4 nitrogen and oxygen atoms in total. The molecular weight excluding hydrogens is 250 g/mol. The molecular formula is C16H25N3O. The SMILES string of the molecule is CC(CCc1ccccc1)NC(=O)CN1CCNCC1. The molecule has 0 aromatic heterocycles. The quantitative estimate of drug-likeness (QED) is 0.815. The molecule has 1 fully saturated rings. The van der Waals surface area contributed by atoms with Crippen LogP contribution in [0.25, 0.3) is 0 Å². The van der Waals surface area contributed by atoms with Crippen LogP contribution >= 0.6 is 0 Å². The number of benzene rings is 1. The summed E-state index contributed by atoms with van der Waals surface area (Å²) < 4.78 is 0. The van der Waals surface area contributed by atoms with Gasteiger partial charge < -0.3 is 10.6 Å². The van der Waals surface area contributed by atoms with Crippen LogP contribution in [-0.4, -0.2) is 49.6 Å². The maximum absolute atomic E-state index is 12.0. The molecule has 20 heavy (non-hydrogen) atoms. The van der Waals surface area contributed by atoms with Gasteiger partial charge in [-0.25, -0.2) is 0 Å².